The van der Waals surface area contributed by atoms with Gasteiger partial charge in [-0.25, -0.2) is 13.2 Å². The molecule has 0 aromatic heterocycles. The Kier molecular flexibility index (Phi) is 6.52. The highest BCUT2D eigenvalue weighted by molar-refractivity contribution is 7.89. The van der Waals surface area contributed by atoms with Crippen LogP contribution in [0.2, 0.25) is 0 Å². The number of sulfonamides is 1. The van der Waals surface area contributed by atoms with Gasteiger partial charge in [0.05, 0.1) is 4.90 Å². The Hall–Kier alpha value is -2.79. The van der Waals surface area contributed by atoms with Crippen LogP contribution in [0, 0.1) is 5.92 Å². The van der Waals surface area contributed by atoms with Crippen molar-refractivity contribution in [3.05, 3.63) is 29.8 Å². The monoisotopic (exact) mass is 490 g/mol. The molecule has 0 unspecified atom stereocenters. The summed E-state index contributed by atoms with van der Waals surface area (Å²) in [4.78, 5) is 52.5. The molecule has 2 heterocycles. The molecule has 2 saturated heterocycles. The first-order valence-corrected chi connectivity index (χ1v) is 13.0. The summed E-state index contributed by atoms with van der Waals surface area (Å²) in [5.41, 5.74) is -0.486. The van der Waals surface area contributed by atoms with Gasteiger partial charge in [0.2, 0.25) is 15.9 Å². The third-order valence-electron chi connectivity index (χ3n) is 7.28. The molecule has 1 aliphatic carbocycles. The lowest BCUT2D eigenvalue weighted by Crippen LogP contribution is -2.55. The summed E-state index contributed by atoms with van der Waals surface area (Å²) in [6.45, 7) is 3.54. The van der Waals surface area contributed by atoms with Crippen LogP contribution in [0.15, 0.2) is 29.2 Å². The van der Waals surface area contributed by atoms with E-state index in [1.54, 1.807) is 0 Å². The van der Waals surface area contributed by atoms with E-state index in [0.717, 1.165) is 24.2 Å². The maximum absolute atomic E-state index is 13.1. The number of rotatable bonds is 5. The van der Waals surface area contributed by atoms with Crippen molar-refractivity contribution in [3.63, 3.8) is 0 Å². The maximum atomic E-state index is 13.1. The normalized spacial score (nSPS) is 26.1. The van der Waals surface area contributed by atoms with Crippen molar-refractivity contribution in [2.75, 3.05) is 32.7 Å². The number of ketones is 1. The van der Waals surface area contributed by atoms with E-state index in [1.807, 2.05) is 6.92 Å². The predicted molar refractivity (Wildman–Crippen MR) is 122 cm³/mol. The number of benzene rings is 1. The van der Waals surface area contributed by atoms with Gasteiger partial charge < -0.3 is 10.2 Å². The van der Waals surface area contributed by atoms with Crippen LogP contribution < -0.4 is 5.32 Å². The highest BCUT2D eigenvalue weighted by atomic mass is 32.2. The number of imide groups is 1. The highest BCUT2D eigenvalue weighted by Crippen LogP contribution is 2.38. The molecule has 11 heteroatoms. The van der Waals surface area contributed by atoms with Crippen molar-refractivity contribution in [1.82, 2.24) is 19.4 Å². The Morgan fingerprint density at radius 3 is 2.29 bits per heavy atom. The Labute approximate surface area is 199 Å². The Morgan fingerprint density at radius 1 is 1.06 bits per heavy atom. The van der Waals surface area contributed by atoms with Gasteiger partial charge in [-0.15, -0.1) is 0 Å². The van der Waals surface area contributed by atoms with Crippen LogP contribution >= 0.6 is 0 Å². The van der Waals surface area contributed by atoms with E-state index in [9.17, 15) is 27.6 Å². The minimum atomic E-state index is -3.76. The number of nitrogens with one attached hydrogen (secondary N) is 1. The third kappa shape index (κ3) is 4.22. The number of nitrogens with zero attached hydrogens (tertiary/aromatic N) is 3. The molecule has 1 saturated carbocycles. The van der Waals surface area contributed by atoms with Crippen LogP contribution in [0.4, 0.5) is 4.79 Å². The van der Waals surface area contributed by atoms with Crippen molar-refractivity contribution in [1.29, 1.82) is 0 Å². The van der Waals surface area contributed by atoms with Crippen molar-refractivity contribution < 1.29 is 27.6 Å². The number of urea groups is 1. The SMILES string of the molecule is CC(=O)c1ccc(S(=O)(=O)N2CCN(C(=O)CN3C(=O)N[C@]4(CCCC[C@H]4C)C3=O)CC2)cc1. The Balaban J connectivity index is 1.37. The number of hydrogen-bond acceptors (Lipinski definition) is 6. The fraction of sp³-hybridized carbons (Fsp3) is 0.565. The van der Waals surface area contributed by atoms with E-state index < -0.39 is 21.6 Å². The zero-order chi connectivity index (χ0) is 24.7. The van der Waals surface area contributed by atoms with E-state index in [1.165, 1.54) is 40.4 Å². The van der Waals surface area contributed by atoms with Crippen LogP contribution in [-0.2, 0) is 19.6 Å². The number of amides is 4. The molecular formula is C23H30N4O6S. The Morgan fingerprint density at radius 2 is 1.71 bits per heavy atom. The second kappa shape index (κ2) is 9.10. The molecule has 1 aromatic carbocycles. The molecule has 1 N–H and O–H groups in total. The third-order valence-corrected chi connectivity index (χ3v) is 9.20. The molecule has 4 amide bonds. The lowest BCUT2D eigenvalue weighted by atomic mass is 9.73. The molecule has 184 valence electrons. The van der Waals surface area contributed by atoms with Crippen LogP contribution in [0.5, 0.6) is 0 Å². The molecule has 1 spiro atoms. The van der Waals surface area contributed by atoms with Gasteiger partial charge in [-0.3, -0.25) is 19.3 Å². The average molecular weight is 491 g/mol. The summed E-state index contributed by atoms with van der Waals surface area (Å²) in [6, 6.07) is 5.23. The van der Waals surface area contributed by atoms with Gasteiger partial charge in [-0.1, -0.05) is 31.9 Å². The van der Waals surface area contributed by atoms with Crippen molar-refractivity contribution in [2.24, 2.45) is 5.92 Å². The molecule has 2 aliphatic heterocycles. The van der Waals surface area contributed by atoms with E-state index in [2.05, 4.69) is 5.32 Å². The fourth-order valence-electron chi connectivity index (χ4n) is 5.06. The van der Waals surface area contributed by atoms with Gasteiger partial charge >= 0.3 is 6.03 Å². The standard InChI is InChI=1S/C23H30N4O6S/c1-16-5-3-4-10-23(16)21(30)27(22(31)24-23)15-20(29)25-11-13-26(14-12-25)34(32,33)19-8-6-18(7-9-19)17(2)28/h6-9,16H,3-5,10-15H2,1-2H3,(H,24,31)/t16-,23+/m1/s1. The maximum Gasteiger partial charge on any atom is 0.325 e. The van der Waals surface area contributed by atoms with Gasteiger partial charge in [-0.2, -0.15) is 4.31 Å². The molecule has 1 aromatic rings. The first-order chi connectivity index (χ1) is 16.1. The number of carbonyl (C=O) groups excluding carboxylic acids is 4. The first kappa shape index (κ1) is 24.3. The van der Waals surface area contributed by atoms with Crippen LogP contribution in [-0.4, -0.2) is 84.4 Å². The lowest BCUT2D eigenvalue weighted by Gasteiger charge is -2.37. The number of piperazine rings is 1. The summed E-state index contributed by atoms with van der Waals surface area (Å²) in [7, 11) is -3.76. The zero-order valence-corrected chi connectivity index (χ0v) is 20.3. The van der Waals surface area contributed by atoms with Crippen molar-refractivity contribution in [2.45, 2.75) is 50.0 Å². The minimum absolute atomic E-state index is 0.0102. The second-order valence-corrected chi connectivity index (χ2v) is 11.2. The molecular weight excluding hydrogens is 460 g/mol. The van der Waals surface area contributed by atoms with Gasteiger partial charge in [0.25, 0.3) is 5.91 Å². The highest BCUT2D eigenvalue weighted by Gasteiger charge is 2.55. The van der Waals surface area contributed by atoms with Gasteiger partial charge in [0, 0.05) is 31.7 Å². The van der Waals surface area contributed by atoms with Crippen LogP contribution in [0.1, 0.15) is 49.9 Å². The molecule has 3 fully saturated rings. The number of Topliss-reactive ketones (excluding diaryl/α,β-unsaturated/α-hetero) is 1. The van der Waals surface area contributed by atoms with Crippen molar-refractivity contribution >= 4 is 33.7 Å². The average Bonchev–Trinajstić information content (AvgIpc) is 3.06. The first-order valence-electron chi connectivity index (χ1n) is 11.6. The molecule has 10 nitrogen and oxygen atoms in total. The Bertz CT molecular complexity index is 1110. The van der Waals surface area contributed by atoms with E-state index in [0.29, 0.717) is 12.0 Å². The quantitative estimate of drug-likeness (QED) is 0.489. The van der Waals surface area contributed by atoms with Crippen LogP contribution in [0.3, 0.4) is 0 Å². The van der Waals surface area contributed by atoms with Gasteiger partial charge in [-0.05, 0) is 37.8 Å². The molecule has 0 bridgehead atoms. The smallest absolute Gasteiger partial charge is 0.325 e. The summed E-state index contributed by atoms with van der Waals surface area (Å²) in [5, 5.41) is 2.84. The lowest BCUT2D eigenvalue weighted by molar-refractivity contribution is -0.141. The van der Waals surface area contributed by atoms with E-state index in [4.69, 9.17) is 0 Å². The number of carbonyl (C=O) groups is 4. The summed E-state index contributed by atoms with van der Waals surface area (Å²) < 4.78 is 27.2. The molecule has 4 rings (SSSR count). The summed E-state index contributed by atoms with van der Waals surface area (Å²) in [6.07, 6.45) is 3.29. The van der Waals surface area contributed by atoms with Crippen molar-refractivity contribution in [3.8, 4) is 0 Å². The summed E-state index contributed by atoms with van der Waals surface area (Å²) in [5.74, 6) is -0.860. The predicted octanol–water partition coefficient (Wildman–Crippen LogP) is 1.22. The number of hydrogen-bond donors (Lipinski definition) is 1. The van der Waals surface area contributed by atoms with E-state index in [-0.39, 0.29) is 61.1 Å². The molecule has 3 aliphatic rings. The molecule has 34 heavy (non-hydrogen) atoms. The second-order valence-electron chi connectivity index (χ2n) is 9.31. The minimum Gasteiger partial charge on any atom is -0.338 e. The molecule has 0 radical (unpaired) electrons. The van der Waals surface area contributed by atoms with Gasteiger partial charge in [0.1, 0.15) is 12.1 Å². The summed E-state index contributed by atoms with van der Waals surface area (Å²) >= 11 is 0. The molecule has 2 atom stereocenters. The fourth-order valence-corrected chi connectivity index (χ4v) is 6.48. The van der Waals surface area contributed by atoms with Crippen LogP contribution in [0.25, 0.3) is 0 Å². The zero-order valence-electron chi connectivity index (χ0n) is 19.5. The topological polar surface area (TPSA) is 124 Å². The van der Waals surface area contributed by atoms with E-state index >= 15 is 0 Å². The largest absolute Gasteiger partial charge is 0.338 e. The van der Waals surface area contributed by atoms with Gasteiger partial charge in [0.15, 0.2) is 5.78 Å².